The molecule has 34 heavy (non-hydrogen) atoms. The van der Waals surface area contributed by atoms with Crippen molar-refractivity contribution in [3.05, 3.63) is 89.2 Å². The SMILES string of the molecule is CCCc1cc(F)c(-c2ccc(-c3ccc4c(F)c(OC(F)F)c(F)cc4c3)c(F)c2)c(F)c1. The Balaban J connectivity index is 1.74. The molecule has 0 aliphatic heterocycles. The van der Waals surface area contributed by atoms with Crippen molar-refractivity contribution in [2.75, 3.05) is 0 Å². The fourth-order valence-corrected chi connectivity index (χ4v) is 3.92. The van der Waals surface area contributed by atoms with Gasteiger partial charge in [-0.15, -0.1) is 0 Å². The molecule has 4 aromatic carbocycles. The van der Waals surface area contributed by atoms with E-state index in [0.717, 1.165) is 12.1 Å². The minimum atomic E-state index is -3.41. The average molecular weight is 478 g/mol. The maximum atomic E-state index is 15.0. The molecule has 0 saturated heterocycles. The molecule has 1 nitrogen and oxygen atoms in total. The van der Waals surface area contributed by atoms with Crippen molar-refractivity contribution in [2.24, 2.45) is 0 Å². The summed E-state index contributed by atoms with van der Waals surface area (Å²) >= 11 is 0. The van der Waals surface area contributed by atoms with Gasteiger partial charge < -0.3 is 4.74 Å². The van der Waals surface area contributed by atoms with Crippen LogP contribution < -0.4 is 4.74 Å². The minimum Gasteiger partial charge on any atom is -0.429 e. The summed E-state index contributed by atoms with van der Waals surface area (Å²) in [5.41, 5.74) is 0.362. The summed E-state index contributed by atoms with van der Waals surface area (Å²) in [7, 11) is 0. The van der Waals surface area contributed by atoms with Gasteiger partial charge in [-0.1, -0.05) is 37.6 Å². The van der Waals surface area contributed by atoms with E-state index in [1.54, 1.807) is 0 Å². The first kappa shape index (κ1) is 23.6. The highest BCUT2D eigenvalue weighted by molar-refractivity contribution is 5.89. The summed E-state index contributed by atoms with van der Waals surface area (Å²) in [5.74, 6) is -6.29. The van der Waals surface area contributed by atoms with Crippen molar-refractivity contribution in [3.8, 4) is 28.0 Å². The number of fused-ring (bicyclic) bond motifs is 1. The van der Waals surface area contributed by atoms with Crippen molar-refractivity contribution in [1.29, 1.82) is 0 Å². The Morgan fingerprint density at radius 2 is 1.41 bits per heavy atom. The summed E-state index contributed by atoms with van der Waals surface area (Å²) < 4.78 is 101. The lowest BCUT2D eigenvalue weighted by Crippen LogP contribution is -2.06. The molecular formula is C26H17F7O. The zero-order chi connectivity index (χ0) is 24.6. The summed E-state index contributed by atoms with van der Waals surface area (Å²) in [6.45, 7) is -1.53. The van der Waals surface area contributed by atoms with Crippen LogP contribution in [0.1, 0.15) is 18.9 Å². The summed E-state index contributed by atoms with van der Waals surface area (Å²) in [4.78, 5) is 0. The van der Waals surface area contributed by atoms with Gasteiger partial charge in [0, 0.05) is 10.9 Å². The Labute approximate surface area is 190 Å². The van der Waals surface area contributed by atoms with Gasteiger partial charge in [0.25, 0.3) is 0 Å². The molecule has 176 valence electrons. The van der Waals surface area contributed by atoms with Crippen molar-refractivity contribution in [2.45, 2.75) is 26.4 Å². The molecule has 8 heteroatoms. The van der Waals surface area contributed by atoms with E-state index in [4.69, 9.17) is 0 Å². The molecule has 0 atom stereocenters. The number of hydrogen-bond acceptors (Lipinski definition) is 1. The van der Waals surface area contributed by atoms with Crippen LogP contribution in [-0.4, -0.2) is 6.61 Å². The smallest absolute Gasteiger partial charge is 0.387 e. The zero-order valence-electron chi connectivity index (χ0n) is 17.7. The Hall–Kier alpha value is -3.55. The molecule has 4 rings (SSSR count). The van der Waals surface area contributed by atoms with Gasteiger partial charge in [0.15, 0.2) is 17.4 Å². The van der Waals surface area contributed by atoms with E-state index in [-0.39, 0.29) is 33.0 Å². The molecule has 0 unspecified atom stereocenters. The predicted octanol–water partition coefficient (Wildman–Crippen LogP) is 8.42. The number of hydrogen-bond donors (Lipinski definition) is 0. The zero-order valence-corrected chi connectivity index (χ0v) is 17.7. The average Bonchev–Trinajstić information content (AvgIpc) is 2.76. The molecule has 4 aromatic rings. The highest BCUT2D eigenvalue weighted by atomic mass is 19.3. The monoisotopic (exact) mass is 478 g/mol. The minimum absolute atomic E-state index is 0.00836. The van der Waals surface area contributed by atoms with E-state index >= 15 is 0 Å². The number of benzene rings is 4. The highest BCUT2D eigenvalue weighted by Gasteiger charge is 2.20. The van der Waals surface area contributed by atoms with Crippen LogP contribution in [0.5, 0.6) is 5.75 Å². The lowest BCUT2D eigenvalue weighted by molar-refractivity contribution is -0.0544. The van der Waals surface area contributed by atoms with Crippen LogP contribution in [0.25, 0.3) is 33.0 Å². The molecule has 0 amide bonds. The van der Waals surface area contributed by atoms with E-state index < -0.39 is 41.4 Å². The Kier molecular flexibility index (Phi) is 6.50. The van der Waals surface area contributed by atoms with E-state index in [1.807, 2.05) is 6.92 Å². The van der Waals surface area contributed by atoms with Crippen LogP contribution in [0.15, 0.2) is 54.6 Å². The third-order valence-corrected chi connectivity index (χ3v) is 5.40. The maximum Gasteiger partial charge on any atom is 0.387 e. The first-order valence-corrected chi connectivity index (χ1v) is 10.3. The lowest BCUT2D eigenvalue weighted by Gasteiger charge is -2.12. The van der Waals surface area contributed by atoms with Crippen LogP contribution in [0.3, 0.4) is 0 Å². The Morgan fingerprint density at radius 1 is 0.735 bits per heavy atom. The normalized spacial score (nSPS) is 11.4. The van der Waals surface area contributed by atoms with Crippen LogP contribution in [0.4, 0.5) is 30.7 Å². The van der Waals surface area contributed by atoms with Crippen molar-refractivity contribution in [3.63, 3.8) is 0 Å². The molecule has 0 spiro atoms. The van der Waals surface area contributed by atoms with Gasteiger partial charge in [-0.05, 0) is 58.8 Å². The summed E-state index contributed by atoms with van der Waals surface area (Å²) in [5, 5.41) is -0.213. The number of halogens is 7. The Morgan fingerprint density at radius 3 is 2.03 bits per heavy atom. The van der Waals surface area contributed by atoms with E-state index in [1.165, 1.54) is 42.5 Å². The molecule has 0 bridgehead atoms. The van der Waals surface area contributed by atoms with Gasteiger partial charge in [-0.25, -0.2) is 22.0 Å². The molecule has 0 aromatic heterocycles. The molecule has 0 N–H and O–H groups in total. The van der Waals surface area contributed by atoms with Gasteiger partial charge >= 0.3 is 6.61 Å². The van der Waals surface area contributed by atoms with Gasteiger partial charge in [-0.2, -0.15) is 8.78 Å². The van der Waals surface area contributed by atoms with Crippen LogP contribution in [0, 0.1) is 29.1 Å². The first-order valence-electron chi connectivity index (χ1n) is 10.3. The largest absolute Gasteiger partial charge is 0.429 e. The van der Waals surface area contributed by atoms with Crippen molar-refractivity contribution < 1.29 is 35.5 Å². The van der Waals surface area contributed by atoms with Gasteiger partial charge in [0.2, 0.25) is 0 Å². The number of alkyl halides is 2. The highest BCUT2D eigenvalue weighted by Crippen LogP contribution is 2.36. The molecule has 0 fully saturated rings. The van der Waals surface area contributed by atoms with Crippen LogP contribution in [0.2, 0.25) is 0 Å². The second kappa shape index (κ2) is 9.37. The van der Waals surface area contributed by atoms with Crippen molar-refractivity contribution in [1.82, 2.24) is 0 Å². The molecular weight excluding hydrogens is 461 g/mol. The topological polar surface area (TPSA) is 9.23 Å². The third-order valence-electron chi connectivity index (χ3n) is 5.40. The molecule has 0 radical (unpaired) electrons. The third kappa shape index (κ3) is 4.44. The molecule has 0 heterocycles. The fraction of sp³-hybridized carbons (Fsp3) is 0.154. The number of ether oxygens (including phenoxy) is 1. The van der Waals surface area contributed by atoms with E-state index in [9.17, 15) is 30.7 Å². The number of aryl methyl sites for hydroxylation is 1. The fourth-order valence-electron chi connectivity index (χ4n) is 3.92. The number of rotatable bonds is 6. The lowest BCUT2D eigenvalue weighted by atomic mass is 9.96. The summed E-state index contributed by atoms with van der Waals surface area (Å²) in [6, 6.07) is 10.6. The maximum absolute atomic E-state index is 15.0. The van der Waals surface area contributed by atoms with Gasteiger partial charge in [0.1, 0.15) is 17.5 Å². The van der Waals surface area contributed by atoms with Gasteiger partial charge in [-0.3, -0.25) is 0 Å². The van der Waals surface area contributed by atoms with Crippen LogP contribution in [-0.2, 0) is 6.42 Å². The van der Waals surface area contributed by atoms with E-state index in [2.05, 4.69) is 4.74 Å². The van der Waals surface area contributed by atoms with Gasteiger partial charge in [0.05, 0.1) is 5.56 Å². The second-order valence-electron chi connectivity index (χ2n) is 7.70. The predicted molar refractivity (Wildman–Crippen MR) is 115 cm³/mol. The molecule has 0 saturated carbocycles. The molecule has 0 aliphatic rings. The first-order chi connectivity index (χ1) is 16.2. The van der Waals surface area contributed by atoms with Crippen LogP contribution >= 0.6 is 0 Å². The van der Waals surface area contributed by atoms with E-state index in [0.29, 0.717) is 18.4 Å². The quantitative estimate of drug-likeness (QED) is 0.253. The molecule has 0 aliphatic carbocycles. The van der Waals surface area contributed by atoms with Crippen molar-refractivity contribution >= 4 is 10.8 Å². The Bertz CT molecular complexity index is 1360. The second-order valence-corrected chi connectivity index (χ2v) is 7.70. The standard InChI is InChI=1S/C26H17F7O/c1-2-3-13-8-20(28)23(21(29)9-13)15-5-6-17(19(27)11-15)14-4-7-18-16(10-14)12-22(30)25(24(18)31)34-26(32)33/h4-12,26H,2-3H2,1H3. The summed E-state index contributed by atoms with van der Waals surface area (Å²) in [6.07, 6.45) is 1.21.